The van der Waals surface area contributed by atoms with Gasteiger partial charge in [0.1, 0.15) is 29.7 Å². The lowest BCUT2D eigenvalue weighted by Crippen LogP contribution is -2.60. The Hall–Kier alpha value is -3.57. The summed E-state index contributed by atoms with van der Waals surface area (Å²) < 4.78 is 13.9. The van der Waals surface area contributed by atoms with Gasteiger partial charge in [-0.1, -0.05) is 49.8 Å². The molecule has 2 amide bonds. The Morgan fingerprint density at radius 3 is 2.74 bits per heavy atom. The summed E-state index contributed by atoms with van der Waals surface area (Å²) in [6.45, 7) is 13.4. The van der Waals surface area contributed by atoms with E-state index in [1.807, 2.05) is 45.0 Å². The summed E-state index contributed by atoms with van der Waals surface area (Å²) in [5, 5.41) is 19.1. The van der Waals surface area contributed by atoms with Gasteiger partial charge in [-0.05, 0) is 44.2 Å². The van der Waals surface area contributed by atoms with E-state index in [9.17, 15) is 19.5 Å². The van der Waals surface area contributed by atoms with Gasteiger partial charge in [-0.15, -0.1) is 18.3 Å². The number of benzene rings is 1. The van der Waals surface area contributed by atoms with Crippen LogP contribution in [-0.4, -0.2) is 90.7 Å². The van der Waals surface area contributed by atoms with E-state index in [4.69, 9.17) is 9.47 Å². The lowest BCUT2D eigenvalue weighted by molar-refractivity contribution is -0.163. The van der Waals surface area contributed by atoms with Gasteiger partial charge in [0.15, 0.2) is 0 Å². The Morgan fingerprint density at radius 2 is 2.05 bits per heavy atom. The van der Waals surface area contributed by atoms with E-state index in [2.05, 4.69) is 23.5 Å². The van der Waals surface area contributed by atoms with Gasteiger partial charge >= 0.3 is 5.97 Å². The average Bonchev–Trinajstić information content (AvgIpc) is 3.69. The molecule has 1 spiro atoms. The van der Waals surface area contributed by atoms with Crippen LogP contribution < -0.4 is 0 Å². The molecular weight excluding hydrogens is 538 g/mol. The maximum absolute atomic E-state index is 14.7. The Morgan fingerprint density at radius 1 is 1.29 bits per heavy atom. The highest BCUT2D eigenvalue weighted by molar-refractivity contribution is 5.98. The molecule has 2 aromatic rings. The number of hydrogen-bond acceptors (Lipinski definition) is 8. The zero-order valence-corrected chi connectivity index (χ0v) is 24.6. The second-order valence-corrected chi connectivity index (χ2v) is 11.9. The molecule has 2 unspecified atom stereocenters. The van der Waals surface area contributed by atoms with Crippen molar-refractivity contribution in [3.63, 3.8) is 0 Å². The highest BCUT2D eigenvalue weighted by Gasteiger charge is 2.79. The van der Waals surface area contributed by atoms with Crippen molar-refractivity contribution in [2.45, 2.75) is 76.4 Å². The molecule has 42 heavy (non-hydrogen) atoms. The number of aromatic nitrogens is 3. The van der Waals surface area contributed by atoms with Crippen molar-refractivity contribution in [2.75, 3.05) is 19.8 Å². The summed E-state index contributed by atoms with van der Waals surface area (Å²) in [6.07, 6.45) is 5.38. The smallest absolute Gasteiger partial charge is 0.312 e. The summed E-state index contributed by atoms with van der Waals surface area (Å²) >= 11 is 0. The van der Waals surface area contributed by atoms with Gasteiger partial charge in [0.25, 0.3) is 0 Å². The third-order valence-corrected chi connectivity index (χ3v) is 9.50. The highest BCUT2D eigenvalue weighted by Crippen LogP contribution is 2.64. The molecule has 0 radical (unpaired) electrons. The molecule has 0 saturated carbocycles. The van der Waals surface area contributed by atoms with Crippen molar-refractivity contribution in [1.82, 2.24) is 24.8 Å². The number of aliphatic hydroxyl groups is 1. The molecule has 1 aromatic carbocycles. The minimum absolute atomic E-state index is 0.0715. The topological polar surface area (TPSA) is 127 Å². The summed E-state index contributed by atoms with van der Waals surface area (Å²) in [4.78, 5) is 45.8. The van der Waals surface area contributed by atoms with Crippen molar-refractivity contribution in [2.24, 2.45) is 17.8 Å². The molecule has 2 bridgehead atoms. The third kappa shape index (κ3) is 4.63. The number of hydrogen-bond donors (Lipinski definition) is 1. The first kappa shape index (κ1) is 29.9. The number of para-hydroxylation sites is 1. The first-order valence-electron chi connectivity index (χ1n) is 14.8. The lowest BCUT2D eigenvalue weighted by atomic mass is 9.66. The van der Waals surface area contributed by atoms with Crippen LogP contribution in [0.2, 0.25) is 0 Å². The number of carbonyl (C=O) groups excluding carboxylic acids is 3. The second kappa shape index (κ2) is 11.6. The molecule has 1 aromatic heterocycles. The number of aliphatic hydroxyl groups excluding tert-OH is 1. The van der Waals surface area contributed by atoms with E-state index in [0.717, 1.165) is 5.52 Å². The molecule has 11 heteroatoms. The van der Waals surface area contributed by atoms with Gasteiger partial charge in [0.2, 0.25) is 11.8 Å². The minimum atomic E-state index is -1.24. The normalized spacial score (nSPS) is 29.4. The highest BCUT2D eigenvalue weighted by atomic mass is 16.6. The molecule has 0 aliphatic carbocycles. The fourth-order valence-corrected chi connectivity index (χ4v) is 7.23. The molecule has 11 nitrogen and oxygen atoms in total. The SMILES string of the molecule is C=CCCOC(=O)[C@H]1[C@H]2C(=O)N([C@@H](CO)[C@@H](C)CC)C(C(=O)N(CC=C)Cn3nnc4ccccc43)C23CC[C@]1(C)O3. The number of rotatable bonds is 13. The van der Waals surface area contributed by atoms with E-state index in [1.54, 1.807) is 21.7 Å². The molecular formula is C31H41N5O6. The van der Waals surface area contributed by atoms with Crippen LogP contribution in [0.3, 0.4) is 0 Å². The first-order valence-corrected chi connectivity index (χ1v) is 14.8. The van der Waals surface area contributed by atoms with Crippen molar-refractivity contribution < 1.29 is 29.0 Å². The molecule has 3 aliphatic heterocycles. The number of likely N-dealkylation sites (tertiary alicyclic amines) is 1. The Bertz CT molecular complexity index is 1380. The van der Waals surface area contributed by atoms with E-state index in [-0.39, 0.29) is 44.2 Å². The van der Waals surface area contributed by atoms with E-state index < -0.39 is 41.1 Å². The van der Waals surface area contributed by atoms with Gasteiger partial charge in [-0.2, -0.15) is 0 Å². The number of nitrogens with zero attached hydrogens (tertiary/aromatic N) is 5. The Balaban J connectivity index is 1.57. The standard InChI is InChI=1S/C31H41N5O6/c1-6-9-17-41-29(40)25-24-27(38)36(23(18-37)20(4)8-3)26(31(24)15-14-30(25,5)42-31)28(39)34(16-7-2)19-35-22-13-11-10-12-21(22)32-33-35/h6-7,10-13,20,23-26,37H,1-2,8-9,14-19H2,3-5H3/t20-,23-,24-,25+,26?,30-,31?/m0/s1. The van der Waals surface area contributed by atoms with E-state index in [0.29, 0.717) is 31.2 Å². The van der Waals surface area contributed by atoms with Gasteiger partial charge in [0.05, 0.1) is 36.3 Å². The molecule has 3 aliphatic rings. The molecule has 3 fully saturated rings. The molecule has 226 valence electrons. The number of fused-ring (bicyclic) bond motifs is 2. The van der Waals surface area contributed by atoms with E-state index in [1.165, 1.54) is 4.90 Å². The number of ether oxygens (including phenoxy) is 2. The summed E-state index contributed by atoms with van der Waals surface area (Å²) in [6, 6.07) is 5.78. The molecule has 3 saturated heterocycles. The molecule has 4 heterocycles. The second-order valence-electron chi connectivity index (χ2n) is 11.9. The Labute approximate surface area is 246 Å². The van der Waals surface area contributed by atoms with Gasteiger partial charge < -0.3 is 24.4 Å². The summed E-state index contributed by atoms with van der Waals surface area (Å²) in [7, 11) is 0. The van der Waals surface area contributed by atoms with Crippen molar-refractivity contribution in [1.29, 1.82) is 0 Å². The largest absolute Gasteiger partial charge is 0.465 e. The van der Waals surface area contributed by atoms with Gasteiger partial charge in [-0.25, -0.2) is 4.68 Å². The quantitative estimate of drug-likeness (QED) is 0.218. The minimum Gasteiger partial charge on any atom is -0.465 e. The number of amides is 2. The fraction of sp³-hybridized carbons (Fsp3) is 0.581. The summed E-state index contributed by atoms with van der Waals surface area (Å²) in [5.74, 6) is -3.09. The van der Waals surface area contributed by atoms with Gasteiger partial charge in [0, 0.05) is 6.54 Å². The number of carbonyl (C=O) groups is 3. The van der Waals surface area contributed by atoms with Crippen molar-refractivity contribution >= 4 is 28.8 Å². The maximum Gasteiger partial charge on any atom is 0.312 e. The van der Waals surface area contributed by atoms with Crippen LogP contribution in [0.15, 0.2) is 49.6 Å². The predicted octanol–water partition coefficient (Wildman–Crippen LogP) is 2.69. The van der Waals surface area contributed by atoms with Gasteiger partial charge in [-0.3, -0.25) is 14.4 Å². The van der Waals surface area contributed by atoms with Crippen LogP contribution >= 0.6 is 0 Å². The molecule has 1 N–H and O–H groups in total. The van der Waals surface area contributed by atoms with Crippen LogP contribution in [0, 0.1) is 17.8 Å². The fourth-order valence-electron chi connectivity index (χ4n) is 7.23. The third-order valence-electron chi connectivity index (χ3n) is 9.50. The van der Waals surface area contributed by atoms with Crippen molar-refractivity contribution in [3.8, 4) is 0 Å². The van der Waals surface area contributed by atoms with Crippen LogP contribution in [0.5, 0.6) is 0 Å². The van der Waals surface area contributed by atoms with Crippen LogP contribution in [0.1, 0.15) is 46.5 Å². The zero-order chi connectivity index (χ0) is 30.2. The average molecular weight is 580 g/mol. The zero-order valence-electron chi connectivity index (χ0n) is 24.6. The molecule has 5 rings (SSSR count). The van der Waals surface area contributed by atoms with Crippen molar-refractivity contribution in [3.05, 3.63) is 49.6 Å². The lowest BCUT2D eigenvalue weighted by Gasteiger charge is -2.41. The van der Waals surface area contributed by atoms with Crippen LogP contribution in [0.4, 0.5) is 0 Å². The monoisotopic (exact) mass is 579 g/mol. The number of esters is 1. The predicted molar refractivity (Wildman–Crippen MR) is 155 cm³/mol. The molecule has 7 atom stereocenters. The maximum atomic E-state index is 14.7. The first-order chi connectivity index (χ1) is 20.2. The van der Waals surface area contributed by atoms with Crippen LogP contribution in [0.25, 0.3) is 11.0 Å². The van der Waals surface area contributed by atoms with Crippen LogP contribution in [-0.2, 0) is 30.5 Å². The Kier molecular flexibility index (Phi) is 8.26. The summed E-state index contributed by atoms with van der Waals surface area (Å²) in [5.41, 5.74) is -0.737. The van der Waals surface area contributed by atoms with E-state index >= 15 is 0 Å².